The van der Waals surface area contributed by atoms with Crippen LogP contribution in [0.5, 0.6) is 0 Å². The summed E-state index contributed by atoms with van der Waals surface area (Å²) in [7, 11) is 0. The summed E-state index contributed by atoms with van der Waals surface area (Å²) in [6.45, 7) is 4.50. The van der Waals surface area contributed by atoms with E-state index in [0.717, 1.165) is 24.6 Å². The van der Waals surface area contributed by atoms with E-state index in [4.69, 9.17) is 10.3 Å². The van der Waals surface area contributed by atoms with Gasteiger partial charge < -0.3 is 10.3 Å². The Kier molecular flexibility index (Phi) is 1.97. The standard InChI is InChI=1S/C12H19N3O/c1-3-11(2)7-8(11)9-14-10(15-16-9)12(13)5-4-6-12/h8H,3-7,13H2,1-2H3. The van der Waals surface area contributed by atoms with E-state index in [1.165, 1.54) is 19.3 Å². The molecule has 0 bridgehead atoms. The molecule has 2 aliphatic carbocycles. The minimum atomic E-state index is -0.292. The molecule has 0 aliphatic heterocycles. The van der Waals surface area contributed by atoms with Gasteiger partial charge in [-0.3, -0.25) is 0 Å². The zero-order valence-corrected chi connectivity index (χ0v) is 9.99. The molecule has 0 aromatic carbocycles. The number of hydrogen-bond acceptors (Lipinski definition) is 4. The predicted octanol–water partition coefficient (Wildman–Crippen LogP) is 2.31. The van der Waals surface area contributed by atoms with Crippen LogP contribution in [0.25, 0.3) is 0 Å². The van der Waals surface area contributed by atoms with Crippen LogP contribution in [0.3, 0.4) is 0 Å². The Hall–Kier alpha value is -0.900. The molecule has 2 fully saturated rings. The quantitative estimate of drug-likeness (QED) is 0.850. The van der Waals surface area contributed by atoms with Gasteiger partial charge in [-0.2, -0.15) is 4.98 Å². The molecule has 2 aliphatic rings. The number of nitrogens with two attached hydrogens (primary N) is 1. The number of hydrogen-bond donors (Lipinski definition) is 1. The van der Waals surface area contributed by atoms with Crippen LogP contribution in [0.1, 0.15) is 63.6 Å². The molecule has 2 saturated carbocycles. The van der Waals surface area contributed by atoms with Crippen LogP contribution in [0.4, 0.5) is 0 Å². The Labute approximate surface area is 95.6 Å². The summed E-state index contributed by atoms with van der Waals surface area (Å²) in [5.74, 6) is 1.98. The van der Waals surface area contributed by atoms with Crippen LogP contribution < -0.4 is 5.73 Å². The first kappa shape index (κ1) is 10.3. The minimum absolute atomic E-state index is 0.292. The van der Waals surface area contributed by atoms with E-state index < -0.39 is 0 Å². The Morgan fingerprint density at radius 3 is 2.75 bits per heavy atom. The second kappa shape index (κ2) is 3.06. The number of nitrogens with zero attached hydrogens (tertiary/aromatic N) is 2. The lowest BCUT2D eigenvalue weighted by molar-refractivity contribution is 0.228. The van der Waals surface area contributed by atoms with Gasteiger partial charge in [-0.1, -0.05) is 19.0 Å². The third-order valence-corrected chi connectivity index (χ3v) is 4.59. The van der Waals surface area contributed by atoms with Crippen LogP contribution in [-0.2, 0) is 5.54 Å². The summed E-state index contributed by atoms with van der Waals surface area (Å²) >= 11 is 0. The normalized spacial score (nSPS) is 35.8. The Balaban J connectivity index is 1.79. The molecule has 1 aromatic heterocycles. The smallest absolute Gasteiger partial charge is 0.230 e. The molecule has 2 unspecified atom stereocenters. The lowest BCUT2D eigenvalue weighted by Gasteiger charge is -2.34. The molecule has 88 valence electrons. The zero-order chi connectivity index (χ0) is 11.4. The average Bonchev–Trinajstić information content (AvgIpc) is 2.72. The molecule has 0 spiro atoms. The van der Waals surface area contributed by atoms with E-state index in [1.54, 1.807) is 0 Å². The van der Waals surface area contributed by atoms with Crippen LogP contribution in [-0.4, -0.2) is 10.1 Å². The largest absolute Gasteiger partial charge is 0.339 e. The first-order valence-corrected chi connectivity index (χ1v) is 6.20. The summed E-state index contributed by atoms with van der Waals surface area (Å²) in [4.78, 5) is 4.51. The molecule has 2 N–H and O–H groups in total. The fourth-order valence-electron chi connectivity index (χ4n) is 2.54. The van der Waals surface area contributed by atoms with Gasteiger partial charge in [0.15, 0.2) is 5.82 Å². The molecule has 3 rings (SSSR count). The Morgan fingerprint density at radius 1 is 1.50 bits per heavy atom. The van der Waals surface area contributed by atoms with Crippen LogP contribution in [0.15, 0.2) is 4.52 Å². The summed E-state index contributed by atoms with van der Waals surface area (Å²) in [6, 6.07) is 0. The maximum atomic E-state index is 6.17. The Bertz CT molecular complexity index is 410. The molecule has 4 nitrogen and oxygen atoms in total. The fourth-order valence-corrected chi connectivity index (χ4v) is 2.54. The van der Waals surface area contributed by atoms with Gasteiger partial charge in [0.05, 0.1) is 5.54 Å². The second-order valence-corrected chi connectivity index (χ2v) is 5.73. The van der Waals surface area contributed by atoms with Gasteiger partial charge in [0.1, 0.15) is 0 Å². The van der Waals surface area contributed by atoms with E-state index in [1.807, 2.05) is 0 Å². The van der Waals surface area contributed by atoms with E-state index in [-0.39, 0.29) is 5.54 Å². The second-order valence-electron chi connectivity index (χ2n) is 5.73. The monoisotopic (exact) mass is 221 g/mol. The lowest BCUT2D eigenvalue weighted by atomic mass is 9.77. The van der Waals surface area contributed by atoms with Crippen molar-refractivity contribution in [2.75, 3.05) is 0 Å². The maximum absolute atomic E-state index is 6.17. The highest BCUT2D eigenvalue weighted by Gasteiger charge is 2.53. The van der Waals surface area contributed by atoms with Gasteiger partial charge in [-0.25, -0.2) is 0 Å². The lowest BCUT2D eigenvalue weighted by Crippen LogP contribution is -2.44. The summed E-state index contributed by atoms with van der Waals surface area (Å²) in [5.41, 5.74) is 6.26. The molecule has 4 heteroatoms. The van der Waals surface area contributed by atoms with Crippen molar-refractivity contribution in [1.29, 1.82) is 0 Å². The van der Waals surface area contributed by atoms with Crippen LogP contribution >= 0.6 is 0 Å². The fraction of sp³-hybridized carbons (Fsp3) is 0.833. The van der Waals surface area contributed by atoms with E-state index in [9.17, 15) is 0 Å². The SMILES string of the molecule is CCC1(C)CC1c1nc(C2(N)CCC2)no1. The maximum Gasteiger partial charge on any atom is 0.230 e. The van der Waals surface area contributed by atoms with Crippen molar-refractivity contribution in [1.82, 2.24) is 10.1 Å². The van der Waals surface area contributed by atoms with Crippen molar-refractivity contribution < 1.29 is 4.52 Å². The number of rotatable bonds is 3. The topological polar surface area (TPSA) is 64.9 Å². The van der Waals surface area contributed by atoms with Crippen molar-refractivity contribution in [2.24, 2.45) is 11.1 Å². The van der Waals surface area contributed by atoms with Crippen molar-refractivity contribution in [3.05, 3.63) is 11.7 Å². The zero-order valence-electron chi connectivity index (χ0n) is 9.99. The molecule has 1 aromatic rings. The van der Waals surface area contributed by atoms with Gasteiger partial charge >= 0.3 is 0 Å². The number of aromatic nitrogens is 2. The highest BCUT2D eigenvalue weighted by Crippen LogP contribution is 2.60. The van der Waals surface area contributed by atoms with Crippen molar-refractivity contribution >= 4 is 0 Å². The Morgan fingerprint density at radius 2 is 2.25 bits per heavy atom. The molecule has 16 heavy (non-hydrogen) atoms. The molecule has 2 atom stereocenters. The van der Waals surface area contributed by atoms with Gasteiger partial charge in [0.25, 0.3) is 0 Å². The molecule has 0 saturated heterocycles. The van der Waals surface area contributed by atoms with Gasteiger partial charge in [-0.15, -0.1) is 0 Å². The van der Waals surface area contributed by atoms with E-state index in [2.05, 4.69) is 24.0 Å². The van der Waals surface area contributed by atoms with E-state index in [0.29, 0.717) is 11.3 Å². The molecule has 0 amide bonds. The van der Waals surface area contributed by atoms with Crippen LogP contribution in [0, 0.1) is 5.41 Å². The summed E-state index contributed by atoms with van der Waals surface area (Å²) < 4.78 is 5.37. The van der Waals surface area contributed by atoms with Gasteiger partial charge in [-0.05, 0) is 37.5 Å². The third-order valence-electron chi connectivity index (χ3n) is 4.59. The minimum Gasteiger partial charge on any atom is -0.339 e. The average molecular weight is 221 g/mol. The van der Waals surface area contributed by atoms with Crippen molar-refractivity contribution in [2.45, 2.75) is 57.4 Å². The summed E-state index contributed by atoms with van der Waals surface area (Å²) in [6.07, 6.45) is 5.49. The van der Waals surface area contributed by atoms with Gasteiger partial charge in [0, 0.05) is 5.92 Å². The predicted molar refractivity (Wildman–Crippen MR) is 59.8 cm³/mol. The van der Waals surface area contributed by atoms with Gasteiger partial charge in [0.2, 0.25) is 5.89 Å². The first-order chi connectivity index (χ1) is 7.57. The third kappa shape index (κ3) is 1.32. The molecular weight excluding hydrogens is 202 g/mol. The molecule has 0 radical (unpaired) electrons. The van der Waals surface area contributed by atoms with E-state index >= 15 is 0 Å². The highest BCUT2D eigenvalue weighted by molar-refractivity contribution is 5.17. The van der Waals surface area contributed by atoms with Crippen molar-refractivity contribution in [3.63, 3.8) is 0 Å². The highest BCUT2D eigenvalue weighted by atomic mass is 16.5. The van der Waals surface area contributed by atoms with Crippen LogP contribution in [0.2, 0.25) is 0 Å². The summed E-state index contributed by atoms with van der Waals surface area (Å²) in [5, 5.41) is 4.06. The molecule has 1 heterocycles. The molecular formula is C12H19N3O. The first-order valence-electron chi connectivity index (χ1n) is 6.20. The van der Waals surface area contributed by atoms with Crippen molar-refractivity contribution in [3.8, 4) is 0 Å².